The van der Waals surface area contributed by atoms with Gasteiger partial charge < -0.3 is 19.7 Å². The first-order valence-corrected chi connectivity index (χ1v) is 9.21. The van der Waals surface area contributed by atoms with Crippen molar-refractivity contribution in [3.05, 3.63) is 65.2 Å². The Morgan fingerprint density at radius 2 is 1.79 bits per heavy atom. The fraction of sp³-hybridized carbons (Fsp3) is 0.238. The Kier molecular flexibility index (Phi) is 8.37. The number of urea groups is 1. The van der Waals surface area contributed by atoms with Crippen molar-refractivity contribution in [2.24, 2.45) is 0 Å². The zero-order valence-electron chi connectivity index (χ0n) is 15.9. The van der Waals surface area contributed by atoms with E-state index in [1.807, 2.05) is 0 Å². The summed E-state index contributed by atoms with van der Waals surface area (Å²) in [6.45, 7) is 2.88. The number of carbonyl (C=O) groups excluding carboxylic acids is 2. The Hall–Kier alpha value is -2.99. The van der Waals surface area contributed by atoms with Gasteiger partial charge in [-0.2, -0.15) is 0 Å². The summed E-state index contributed by atoms with van der Waals surface area (Å²) in [6.07, 6.45) is 3.02. The fourth-order valence-electron chi connectivity index (χ4n) is 2.18. The molecular weight excluding hydrogens is 380 g/mol. The highest BCUT2D eigenvalue weighted by Crippen LogP contribution is 2.15. The third kappa shape index (κ3) is 7.32. The van der Waals surface area contributed by atoms with E-state index >= 15 is 0 Å². The molecule has 2 aromatic rings. The van der Waals surface area contributed by atoms with E-state index in [2.05, 4.69) is 5.32 Å². The number of halogens is 1. The predicted octanol–water partition coefficient (Wildman–Crippen LogP) is 4.46. The molecule has 0 aromatic heterocycles. The van der Waals surface area contributed by atoms with Gasteiger partial charge in [0.25, 0.3) is 0 Å². The number of hydrogen-bond donors (Lipinski definition) is 1. The molecule has 0 aliphatic carbocycles. The summed E-state index contributed by atoms with van der Waals surface area (Å²) in [7, 11) is 1.69. The molecule has 2 rings (SSSR count). The second kappa shape index (κ2) is 11.0. The smallest absolute Gasteiger partial charge is 0.330 e. The zero-order chi connectivity index (χ0) is 20.4. The van der Waals surface area contributed by atoms with Gasteiger partial charge in [0, 0.05) is 23.8 Å². The summed E-state index contributed by atoms with van der Waals surface area (Å²) in [5.41, 5.74) is 1.49. The number of likely N-dealkylation sites (N-methyl/N-ethyl adjacent to an activating group) is 1. The zero-order valence-corrected chi connectivity index (χ0v) is 16.6. The Morgan fingerprint density at radius 3 is 2.43 bits per heavy atom. The van der Waals surface area contributed by atoms with Crippen LogP contribution in [-0.4, -0.2) is 43.7 Å². The number of amides is 2. The minimum absolute atomic E-state index is 0.241. The van der Waals surface area contributed by atoms with Gasteiger partial charge in [0.05, 0.1) is 13.2 Å². The van der Waals surface area contributed by atoms with Crippen molar-refractivity contribution >= 4 is 35.4 Å². The summed E-state index contributed by atoms with van der Waals surface area (Å²) in [6, 6.07) is 13.9. The van der Waals surface area contributed by atoms with Crippen molar-refractivity contribution in [1.29, 1.82) is 0 Å². The lowest BCUT2D eigenvalue weighted by molar-refractivity contribution is -0.137. The SMILES string of the molecule is CCOC(=O)/C=C/c1ccc(NC(=O)N(C)CCOc2ccc(Cl)cc2)cc1. The molecule has 0 heterocycles. The molecular formula is C21H23ClN2O4. The molecule has 0 spiro atoms. The highest BCUT2D eigenvalue weighted by Gasteiger charge is 2.09. The first-order chi connectivity index (χ1) is 13.5. The number of benzene rings is 2. The largest absolute Gasteiger partial charge is 0.492 e. The molecule has 0 saturated carbocycles. The molecule has 6 nitrogen and oxygen atoms in total. The molecule has 0 saturated heterocycles. The molecule has 0 fully saturated rings. The first-order valence-electron chi connectivity index (χ1n) is 8.83. The van der Waals surface area contributed by atoms with Crippen LogP contribution >= 0.6 is 11.6 Å². The van der Waals surface area contributed by atoms with Crippen LogP contribution in [0, 0.1) is 0 Å². The lowest BCUT2D eigenvalue weighted by Gasteiger charge is -2.18. The van der Waals surface area contributed by atoms with Crippen LogP contribution in [0.15, 0.2) is 54.6 Å². The molecule has 0 radical (unpaired) electrons. The minimum atomic E-state index is -0.387. The van der Waals surface area contributed by atoms with Crippen LogP contribution in [0.3, 0.4) is 0 Å². The number of rotatable bonds is 8. The van der Waals surface area contributed by atoms with Crippen LogP contribution in [0.5, 0.6) is 5.75 Å². The van der Waals surface area contributed by atoms with Crippen LogP contribution in [0.4, 0.5) is 10.5 Å². The van der Waals surface area contributed by atoms with Gasteiger partial charge >= 0.3 is 12.0 Å². The van der Waals surface area contributed by atoms with Gasteiger partial charge in [-0.05, 0) is 55.0 Å². The highest BCUT2D eigenvalue weighted by molar-refractivity contribution is 6.30. The molecule has 1 N–H and O–H groups in total. The molecule has 28 heavy (non-hydrogen) atoms. The van der Waals surface area contributed by atoms with Crippen molar-refractivity contribution < 1.29 is 19.1 Å². The van der Waals surface area contributed by atoms with Gasteiger partial charge in [0.15, 0.2) is 0 Å². The van der Waals surface area contributed by atoms with Crippen LogP contribution in [0.1, 0.15) is 12.5 Å². The van der Waals surface area contributed by atoms with E-state index in [1.54, 1.807) is 68.6 Å². The van der Waals surface area contributed by atoms with Crippen LogP contribution in [-0.2, 0) is 9.53 Å². The molecule has 2 amide bonds. The number of ether oxygens (including phenoxy) is 2. The van der Waals surface area contributed by atoms with Gasteiger partial charge in [-0.15, -0.1) is 0 Å². The quantitative estimate of drug-likeness (QED) is 0.523. The summed E-state index contributed by atoms with van der Waals surface area (Å²) < 4.78 is 10.4. The molecule has 0 atom stereocenters. The maximum atomic E-state index is 12.2. The first kappa shape index (κ1) is 21.3. The van der Waals surface area contributed by atoms with Crippen molar-refractivity contribution in [3.63, 3.8) is 0 Å². The number of anilines is 1. The second-order valence-electron chi connectivity index (χ2n) is 5.86. The van der Waals surface area contributed by atoms with Gasteiger partial charge in [0.1, 0.15) is 12.4 Å². The van der Waals surface area contributed by atoms with E-state index in [1.165, 1.54) is 11.0 Å². The molecule has 2 aromatic carbocycles. The van der Waals surface area contributed by atoms with E-state index in [0.717, 1.165) is 5.56 Å². The molecule has 148 valence electrons. The predicted molar refractivity (Wildman–Crippen MR) is 111 cm³/mol. The van der Waals surface area contributed by atoms with Gasteiger partial charge in [-0.3, -0.25) is 0 Å². The van der Waals surface area contributed by atoms with Gasteiger partial charge in [-0.25, -0.2) is 9.59 Å². The summed E-state index contributed by atoms with van der Waals surface area (Å²) >= 11 is 5.83. The number of nitrogens with zero attached hydrogens (tertiary/aromatic N) is 1. The Labute approximate surface area is 169 Å². The lowest BCUT2D eigenvalue weighted by Crippen LogP contribution is -2.34. The molecule has 0 unspecified atom stereocenters. The van der Waals surface area contributed by atoms with Gasteiger partial charge in [0.2, 0.25) is 0 Å². The van der Waals surface area contributed by atoms with E-state index in [4.69, 9.17) is 21.1 Å². The van der Waals surface area contributed by atoms with E-state index in [0.29, 0.717) is 36.2 Å². The average Bonchev–Trinajstić information content (AvgIpc) is 2.69. The summed E-state index contributed by atoms with van der Waals surface area (Å²) in [5, 5.41) is 3.45. The third-order valence-corrected chi connectivity index (χ3v) is 3.97. The maximum Gasteiger partial charge on any atom is 0.330 e. The summed E-state index contributed by atoms with van der Waals surface area (Å²) in [4.78, 5) is 25.1. The van der Waals surface area contributed by atoms with Crippen molar-refractivity contribution in [2.45, 2.75) is 6.92 Å². The van der Waals surface area contributed by atoms with E-state index in [-0.39, 0.29) is 12.0 Å². The molecule has 0 bridgehead atoms. The number of hydrogen-bond acceptors (Lipinski definition) is 4. The molecule has 0 aliphatic rings. The number of carbonyl (C=O) groups is 2. The summed E-state index contributed by atoms with van der Waals surface area (Å²) in [5.74, 6) is 0.312. The minimum Gasteiger partial charge on any atom is -0.492 e. The standard InChI is InChI=1S/C21H23ClN2O4/c1-3-27-20(25)13-6-16-4-9-18(10-5-16)23-21(26)24(2)14-15-28-19-11-7-17(22)8-12-19/h4-13H,3,14-15H2,1-2H3,(H,23,26)/b13-6+. The van der Waals surface area contributed by atoms with E-state index < -0.39 is 0 Å². The molecule has 7 heteroatoms. The maximum absolute atomic E-state index is 12.2. The normalized spacial score (nSPS) is 10.5. The lowest BCUT2D eigenvalue weighted by atomic mass is 10.2. The third-order valence-electron chi connectivity index (χ3n) is 3.72. The van der Waals surface area contributed by atoms with Crippen molar-refractivity contribution in [1.82, 2.24) is 4.90 Å². The second-order valence-corrected chi connectivity index (χ2v) is 6.30. The van der Waals surface area contributed by atoms with E-state index in [9.17, 15) is 9.59 Å². The van der Waals surface area contributed by atoms with Crippen molar-refractivity contribution in [3.8, 4) is 5.75 Å². The Bertz CT molecular complexity index is 804. The van der Waals surface area contributed by atoms with Crippen LogP contribution in [0.2, 0.25) is 5.02 Å². The average molecular weight is 403 g/mol. The van der Waals surface area contributed by atoms with Crippen molar-refractivity contribution in [2.75, 3.05) is 32.1 Å². The topological polar surface area (TPSA) is 67.9 Å². The van der Waals surface area contributed by atoms with Gasteiger partial charge in [-0.1, -0.05) is 23.7 Å². The number of nitrogens with one attached hydrogen (secondary N) is 1. The molecule has 0 aliphatic heterocycles. The number of esters is 1. The van der Waals surface area contributed by atoms with Crippen LogP contribution in [0.25, 0.3) is 6.08 Å². The highest BCUT2D eigenvalue weighted by atomic mass is 35.5. The Balaban J connectivity index is 1.77. The van der Waals surface area contributed by atoms with Crippen LogP contribution < -0.4 is 10.1 Å². The Morgan fingerprint density at radius 1 is 1.11 bits per heavy atom. The fourth-order valence-corrected chi connectivity index (χ4v) is 2.31. The monoisotopic (exact) mass is 402 g/mol.